The Hall–Kier alpha value is -0.960. The minimum absolute atomic E-state index is 0.134. The average molecular weight is 225 g/mol. The number of hydrogen-bond donors (Lipinski definition) is 1. The van der Waals surface area contributed by atoms with Crippen LogP contribution >= 0.6 is 0 Å². The molecule has 0 amide bonds. The van der Waals surface area contributed by atoms with Crippen LogP contribution in [0.2, 0.25) is 0 Å². The fraction of sp³-hybridized carbons (Fsp3) is 0.538. The van der Waals surface area contributed by atoms with E-state index in [1.54, 1.807) is 0 Å². The summed E-state index contributed by atoms with van der Waals surface area (Å²) in [4.78, 5) is 0. The molecule has 3 heteroatoms. The van der Waals surface area contributed by atoms with Crippen LogP contribution in [-0.4, -0.2) is 19.5 Å². The summed E-state index contributed by atoms with van der Waals surface area (Å²) in [6.45, 7) is 2.19. The Bertz CT molecular complexity index is 315. The summed E-state index contributed by atoms with van der Waals surface area (Å²) < 4.78 is 24.3. The van der Waals surface area contributed by atoms with Crippen LogP contribution in [0.4, 0.5) is 8.78 Å². The molecule has 1 fully saturated rings. The van der Waals surface area contributed by atoms with Gasteiger partial charge in [0.2, 0.25) is 6.43 Å². The number of hydrogen-bond acceptors (Lipinski definition) is 1. The summed E-state index contributed by atoms with van der Waals surface area (Å²) in [5.41, 5.74) is 1.98. The van der Waals surface area contributed by atoms with Gasteiger partial charge in [0.1, 0.15) is 0 Å². The Morgan fingerprint density at radius 3 is 2.44 bits per heavy atom. The number of benzene rings is 1. The molecule has 1 aliphatic rings. The molecule has 1 atom stereocenters. The summed E-state index contributed by atoms with van der Waals surface area (Å²) >= 11 is 0. The lowest BCUT2D eigenvalue weighted by Crippen LogP contribution is -2.10. The van der Waals surface area contributed by atoms with E-state index in [1.807, 2.05) is 24.3 Å². The second-order valence-corrected chi connectivity index (χ2v) is 4.47. The second-order valence-electron chi connectivity index (χ2n) is 4.47. The normalized spacial score (nSPS) is 20.6. The number of alkyl halides is 2. The van der Waals surface area contributed by atoms with Gasteiger partial charge >= 0.3 is 0 Å². The highest BCUT2D eigenvalue weighted by Gasteiger charge is 2.14. The van der Waals surface area contributed by atoms with Gasteiger partial charge in [-0.05, 0) is 43.0 Å². The molecule has 0 spiro atoms. The minimum atomic E-state index is -2.25. The SMILES string of the molecule is FC(F)Cc1ccc(CC2CCNC2)cc1. The van der Waals surface area contributed by atoms with Gasteiger partial charge in [0.25, 0.3) is 0 Å². The lowest BCUT2D eigenvalue weighted by Gasteiger charge is -2.08. The molecular formula is C13H17F2N. The van der Waals surface area contributed by atoms with Gasteiger partial charge < -0.3 is 5.32 Å². The van der Waals surface area contributed by atoms with Crippen LogP contribution in [0.15, 0.2) is 24.3 Å². The fourth-order valence-corrected chi connectivity index (χ4v) is 2.21. The van der Waals surface area contributed by atoms with Crippen molar-refractivity contribution in [1.29, 1.82) is 0 Å². The molecule has 1 nitrogen and oxygen atoms in total. The lowest BCUT2D eigenvalue weighted by molar-refractivity contribution is 0.149. The maximum Gasteiger partial charge on any atom is 0.242 e. The fourth-order valence-electron chi connectivity index (χ4n) is 2.21. The average Bonchev–Trinajstić information content (AvgIpc) is 2.73. The zero-order valence-electron chi connectivity index (χ0n) is 9.26. The standard InChI is InChI=1S/C13H17F2N/c14-13(15)8-11-3-1-10(2-4-11)7-12-5-6-16-9-12/h1-4,12-13,16H,5-9H2. The van der Waals surface area contributed by atoms with E-state index < -0.39 is 6.43 Å². The number of halogens is 2. The van der Waals surface area contributed by atoms with E-state index in [0.29, 0.717) is 5.92 Å². The van der Waals surface area contributed by atoms with Crippen molar-refractivity contribution in [1.82, 2.24) is 5.32 Å². The quantitative estimate of drug-likeness (QED) is 0.830. The highest BCUT2D eigenvalue weighted by molar-refractivity contribution is 5.23. The van der Waals surface area contributed by atoms with E-state index in [9.17, 15) is 8.78 Å². The van der Waals surface area contributed by atoms with Crippen LogP contribution in [0.25, 0.3) is 0 Å². The number of rotatable bonds is 4. The zero-order chi connectivity index (χ0) is 11.4. The van der Waals surface area contributed by atoms with Gasteiger partial charge in [0.05, 0.1) is 0 Å². The van der Waals surface area contributed by atoms with E-state index in [0.717, 1.165) is 25.1 Å². The first-order valence-corrected chi connectivity index (χ1v) is 5.81. The van der Waals surface area contributed by atoms with Crippen LogP contribution < -0.4 is 5.32 Å². The third-order valence-corrected chi connectivity index (χ3v) is 3.10. The Morgan fingerprint density at radius 1 is 1.19 bits per heavy atom. The third kappa shape index (κ3) is 3.27. The van der Waals surface area contributed by atoms with E-state index in [2.05, 4.69) is 5.32 Å². The molecular weight excluding hydrogens is 208 g/mol. The van der Waals surface area contributed by atoms with E-state index >= 15 is 0 Å². The van der Waals surface area contributed by atoms with Gasteiger partial charge in [0, 0.05) is 6.42 Å². The first kappa shape index (κ1) is 11.5. The first-order chi connectivity index (χ1) is 7.74. The summed E-state index contributed by atoms with van der Waals surface area (Å²) in [6.07, 6.45) is -0.101. The van der Waals surface area contributed by atoms with Gasteiger partial charge in [-0.25, -0.2) is 8.78 Å². The molecule has 1 aromatic carbocycles. The zero-order valence-corrected chi connectivity index (χ0v) is 9.26. The molecule has 2 rings (SSSR count). The Morgan fingerprint density at radius 2 is 1.88 bits per heavy atom. The number of nitrogens with one attached hydrogen (secondary N) is 1. The summed E-state index contributed by atoms with van der Waals surface area (Å²) in [5.74, 6) is 0.709. The van der Waals surface area contributed by atoms with Crippen LogP contribution in [0, 0.1) is 5.92 Å². The molecule has 0 saturated carbocycles. The van der Waals surface area contributed by atoms with Crippen LogP contribution in [0.1, 0.15) is 17.5 Å². The van der Waals surface area contributed by atoms with Gasteiger partial charge in [-0.15, -0.1) is 0 Å². The van der Waals surface area contributed by atoms with Crippen LogP contribution in [-0.2, 0) is 12.8 Å². The predicted octanol–water partition coefficient (Wildman–Crippen LogP) is 2.65. The van der Waals surface area contributed by atoms with Gasteiger partial charge in [-0.1, -0.05) is 24.3 Å². The van der Waals surface area contributed by atoms with Crippen molar-refractivity contribution < 1.29 is 8.78 Å². The minimum Gasteiger partial charge on any atom is -0.316 e. The highest BCUT2D eigenvalue weighted by atomic mass is 19.3. The molecule has 1 heterocycles. The van der Waals surface area contributed by atoms with Crippen molar-refractivity contribution >= 4 is 0 Å². The van der Waals surface area contributed by atoms with Gasteiger partial charge in [-0.3, -0.25) is 0 Å². The molecule has 0 bridgehead atoms. The van der Waals surface area contributed by atoms with Crippen molar-refractivity contribution in [3.63, 3.8) is 0 Å². The molecule has 1 N–H and O–H groups in total. The summed E-state index contributed by atoms with van der Waals surface area (Å²) in [5, 5.41) is 3.33. The molecule has 1 aromatic rings. The molecule has 0 aromatic heterocycles. The first-order valence-electron chi connectivity index (χ1n) is 5.81. The van der Waals surface area contributed by atoms with Crippen molar-refractivity contribution in [2.45, 2.75) is 25.7 Å². The molecule has 1 aliphatic heterocycles. The summed E-state index contributed by atoms with van der Waals surface area (Å²) in [7, 11) is 0. The van der Waals surface area contributed by atoms with Crippen molar-refractivity contribution in [2.75, 3.05) is 13.1 Å². The van der Waals surface area contributed by atoms with Gasteiger partial charge in [0.15, 0.2) is 0 Å². The Balaban J connectivity index is 1.90. The maximum absolute atomic E-state index is 12.1. The van der Waals surface area contributed by atoms with Crippen molar-refractivity contribution in [2.24, 2.45) is 5.92 Å². The Kier molecular flexibility index (Phi) is 3.88. The van der Waals surface area contributed by atoms with Crippen molar-refractivity contribution in [3.8, 4) is 0 Å². The Labute approximate surface area is 94.9 Å². The molecule has 0 aliphatic carbocycles. The lowest BCUT2D eigenvalue weighted by atomic mass is 9.97. The van der Waals surface area contributed by atoms with Crippen LogP contribution in [0.3, 0.4) is 0 Å². The third-order valence-electron chi connectivity index (χ3n) is 3.10. The molecule has 88 valence electrons. The maximum atomic E-state index is 12.1. The summed E-state index contributed by atoms with van der Waals surface area (Å²) in [6, 6.07) is 7.61. The molecule has 0 radical (unpaired) electrons. The van der Waals surface area contributed by atoms with Crippen LogP contribution in [0.5, 0.6) is 0 Å². The highest BCUT2D eigenvalue weighted by Crippen LogP contribution is 2.16. The monoisotopic (exact) mass is 225 g/mol. The topological polar surface area (TPSA) is 12.0 Å². The smallest absolute Gasteiger partial charge is 0.242 e. The largest absolute Gasteiger partial charge is 0.316 e. The van der Waals surface area contributed by atoms with E-state index in [-0.39, 0.29) is 6.42 Å². The predicted molar refractivity (Wildman–Crippen MR) is 60.8 cm³/mol. The second kappa shape index (κ2) is 5.39. The molecule has 1 unspecified atom stereocenters. The van der Waals surface area contributed by atoms with E-state index in [1.165, 1.54) is 12.0 Å². The van der Waals surface area contributed by atoms with Crippen molar-refractivity contribution in [3.05, 3.63) is 35.4 Å². The molecule has 16 heavy (non-hydrogen) atoms. The van der Waals surface area contributed by atoms with Gasteiger partial charge in [-0.2, -0.15) is 0 Å². The molecule has 1 saturated heterocycles. The van der Waals surface area contributed by atoms with E-state index in [4.69, 9.17) is 0 Å².